The third-order valence-electron chi connectivity index (χ3n) is 2.34. The van der Waals surface area contributed by atoms with E-state index in [1.807, 2.05) is 19.1 Å². The summed E-state index contributed by atoms with van der Waals surface area (Å²) in [5, 5.41) is 2.79. The summed E-state index contributed by atoms with van der Waals surface area (Å²) < 4.78 is 0.890. The zero-order valence-corrected chi connectivity index (χ0v) is 12.1. The first kappa shape index (κ1) is 13.1. The first-order valence-corrected chi connectivity index (χ1v) is 6.52. The van der Waals surface area contributed by atoms with Crippen molar-refractivity contribution in [2.24, 2.45) is 0 Å². The lowest BCUT2D eigenvalue weighted by atomic mass is 10.2. The number of rotatable bonds is 2. The molecule has 1 N–H and O–H groups in total. The van der Waals surface area contributed by atoms with Crippen LogP contribution < -0.4 is 5.32 Å². The van der Waals surface area contributed by atoms with E-state index < -0.39 is 0 Å². The Bertz CT molecular complexity index is 601. The molecule has 1 aromatic carbocycles. The SMILES string of the molecule is Cc1cncc(NC(=O)c2ccc(Br)cc2S)c1. The topological polar surface area (TPSA) is 42.0 Å². The molecular formula is C13H11BrN2OS. The maximum Gasteiger partial charge on any atom is 0.256 e. The molecule has 5 heteroatoms. The lowest BCUT2D eigenvalue weighted by molar-refractivity contribution is 0.102. The molecule has 92 valence electrons. The summed E-state index contributed by atoms with van der Waals surface area (Å²) in [6.07, 6.45) is 3.35. The largest absolute Gasteiger partial charge is 0.321 e. The number of hydrogen-bond acceptors (Lipinski definition) is 3. The van der Waals surface area contributed by atoms with Gasteiger partial charge in [-0.25, -0.2) is 0 Å². The highest BCUT2D eigenvalue weighted by Crippen LogP contribution is 2.21. The molecule has 0 saturated heterocycles. The van der Waals surface area contributed by atoms with E-state index in [4.69, 9.17) is 0 Å². The molecule has 0 aliphatic rings. The second kappa shape index (κ2) is 5.54. The Morgan fingerprint density at radius 1 is 1.33 bits per heavy atom. The molecule has 0 spiro atoms. The number of anilines is 1. The van der Waals surface area contributed by atoms with E-state index in [1.165, 1.54) is 0 Å². The third-order valence-corrected chi connectivity index (χ3v) is 3.20. The maximum atomic E-state index is 12.1. The summed E-state index contributed by atoms with van der Waals surface area (Å²) >= 11 is 7.62. The van der Waals surface area contributed by atoms with Crippen molar-refractivity contribution in [2.45, 2.75) is 11.8 Å². The second-order valence-electron chi connectivity index (χ2n) is 3.87. The Kier molecular flexibility index (Phi) is 4.04. The van der Waals surface area contributed by atoms with Gasteiger partial charge >= 0.3 is 0 Å². The van der Waals surface area contributed by atoms with E-state index >= 15 is 0 Å². The van der Waals surface area contributed by atoms with Crippen molar-refractivity contribution in [3.63, 3.8) is 0 Å². The number of amides is 1. The number of benzene rings is 1. The van der Waals surface area contributed by atoms with Gasteiger partial charge < -0.3 is 5.32 Å². The highest BCUT2D eigenvalue weighted by Gasteiger charge is 2.10. The van der Waals surface area contributed by atoms with Crippen LogP contribution in [0.4, 0.5) is 5.69 Å². The molecule has 2 rings (SSSR count). The van der Waals surface area contributed by atoms with E-state index in [0.717, 1.165) is 10.0 Å². The molecule has 0 fully saturated rings. The Labute approximate surface area is 119 Å². The number of thiol groups is 1. The average molecular weight is 323 g/mol. The summed E-state index contributed by atoms with van der Waals surface area (Å²) in [6, 6.07) is 7.18. The zero-order valence-electron chi connectivity index (χ0n) is 9.64. The van der Waals surface area contributed by atoms with E-state index in [-0.39, 0.29) is 5.91 Å². The average Bonchev–Trinajstić information content (AvgIpc) is 2.28. The lowest BCUT2D eigenvalue weighted by Gasteiger charge is -2.07. The van der Waals surface area contributed by atoms with Gasteiger partial charge in [0.15, 0.2) is 0 Å². The van der Waals surface area contributed by atoms with Crippen LogP contribution in [0, 0.1) is 6.92 Å². The van der Waals surface area contributed by atoms with Crippen LogP contribution >= 0.6 is 28.6 Å². The van der Waals surface area contributed by atoms with Crippen molar-refractivity contribution in [3.8, 4) is 0 Å². The van der Waals surface area contributed by atoms with E-state index in [0.29, 0.717) is 16.1 Å². The number of carbonyl (C=O) groups excluding carboxylic acids is 1. The molecule has 0 atom stereocenters. The summed E-state index contributed by atoms with van der Waals surface area (Å²) in [6.45, 7) is 1.92. The highest BCUT2D eigenvalue weighted by molar-refractivity contribution is 9.10. The van der Waals surface area contributed by atoms with E-state index in [1.54, 1.807) is 24.5 Å². The van der Waals surface area contributed by atoms with Crippen LogP contribution in [0.15, 0.2) is 46.0 Å². The van der Waals surface area contributed by atoms with Gasteiger partial charge in [0.1, 0.15) is 0 Å². The predicted octanol–water partition coefficient (Wildman–Crippen LogP) is 3.69. The molecule has 0 aliphatic heterocycles. The Balaban J connectivity index is 2.22. The van der Waals surface area contributed by atoms with Crippen molar-refractivity contribution >= 4 is 40.2 Å². The molecule has 18 heavy (non-hydrogen) atoms. The van der Waals surface area contributed by atoms with Crippen LogP contribution in [0.25, 0.3) is 0 Å². The standard InChI is InChI=1S/C13H11BrN2OS/c1-8-4-10(7-15-6-8)16-13(17)11-3-2-9(14)5-12(11)18/h2-7,18H,1H3,(H,16,17). The van der Waals surface area contributed by atoms with Gasteiger partial charge in [-0.1, -0.05) is 15.9 Å². The monoisotopic (exact) mass is 322 g/mol. The van der Waals surface area contributed by atoms with Gasteiger partial charge in [-0.2, -0.15) is 0 Å². The van der Waals surface area contributed by atoms with E-state index in [9.17, 15) is 4.79 Å². The first-order chi connectivity index (χ1) is 8.56. The predicted molar refractivity (Wildman–Crippen MR) is 78.3 cm³/mol. The van der Waals surface area contributed by atoms with Crippen LogP contribution in [0.2, 0.25) is 0 Å². The lowest BCUT2D eigenvalue weighted by Crippen LogP contribution is -2.12. The molecule has 3 nitrogen and oxygen atoms in total. The normalized spacial score (nSPS) is 10.2. The van der Waals surface area contributed by atoms with Gasteiger partial charge in [0, 0.05) is 15.6 Å². The highest BCUT2D eigenvalue weighted by atomic mass is 79.9. The van der Waals surface area contributed by atoms with Crippen LogP contribution in [0.1, 0.15) is 15.9 Å². The number of pyridine rings is 1. The molecule has 1 heterocycles. The van der Waals surface area contributed by atoms with Gasteiger partial charge in [0.25, 0.3) is 5.91 Å². The number of aryl methyl sites for hydroxylation is 1. The second-order valence-corrected chi connectivity index (χ2v) is 5.26. The number of nitrogens with zero attached hydrogens (tertiary/aromatic N) is 1. The Hall–Kier alpha value is -1.33. The zero-order chi connectivity index (χ0) is 13.1. The summed E-state index contributed by atoms with van der Waals surface area (Å²) in [7, 11) is 0. The number of aromatic nitrogens is 1. The van der Waals surface area contributed by atoms with Crippen LogP contribution in [-0.2, 0) is 0 Å². The Morgan fingerprint density at radius 3 is 2.78 bits per heavy atom. The minimum atomic E-state index is -0.195. The molecule has 0 saturated carbocycles. The van der Waals surface area contributed by atoms with Gasteiger partial charge in [-0.05, 0) is 36.8 Å². The summed E-state index contributed by atoms with van der Waals surface area (Å²) in [5.74, 6) is -0.195. The van der Waals surface area contributed by atoms with Crippen LogP contribution in [0.3, 0.4) is 0 Å². The minimum absolute atomic E-state index is 0.195. The molecule has 0 aliphatic carbocycles. The molecule has 2 aromatic rings. The van der Waals surface area contributed by atoms with Gasteiger partial charge in [0.05, 0.1) is 17.4 Å². The quantitative estimate of drug-likeness (QED) is 0.828. The van der Waals surface area contributed by atoms with Gasteiger partial charge in [0.2, 0.25) is 0 Å². The summed E-state index contributed by atoms with van der Waals surface area (Å²) in [4.78, 5) is 16.7. The number of hydrogen-bond donors (Lipinski definition) is 2. The number of nitrogens with one attached hydrogen (secondary N) is 1. The molecule has 0 radical (unpaired) electrons. The summed E-state index contributed by atoms with van der Waals surface area (Å²) in [5.41, 5.74) is 2.20. The molecule has 1 amide bonds. The van der Waals surface area contributed by atoms with Crippen LogP contribution in [0.5, 0.6) is 0 Å². The minimum Gasteiger partial charge on any atom is -0.321 e. The molecule has 1 aromatic heterocycles. The van der Waals surface area contributed by atoms with Crippen molar-refractivity contribution in [1.29, 1.82) is 0 Å². The van der Waals surface area contributed by atoms with Gasteiger partial charge in [-0.15, -0.1) is 12.6 Å². The van der Waals surface area contributed by atoms with Crippen molar-refractivity contribution < 1.29 is 4.79 Å². The molecule has 0 bridgehead atoms. The fraction of sp³-hybridized carbons (Fsp3) is 0.0769. The number of carbonyl (C=O) groups is 1. The maximum absolute atomic E-state index is 12.1. The number of halogens is 1. The molecule has 0 unspecified atom stereocenters. The third kappa shape index (κ3) is 3.11. The van der Waals surface area contributed by atoms with Gasteiger partial charge in [-0.3, -0.25) is 9.78 Å². The Morgan fingerprint density at radius 2 is 2.11 bits per heavy atom. The fourth-order valence-electron chi connectivity index (χ4n) is 1.52. The van der Waals surface area contributed by atoms with Crippen molar-refractivity contribution in [1.82, 2.24) is 4.98 Å². The van der Waals surface area contributed by atoms with Crippen LogP contribution in [-0.4, -0.2) is 10.9 Å². The fourth-order valence-corrected chi connectivity index (χ4v) is 2.37. The van der Waals surface area contributed by atoms with Crippen molar-refractivity contribution in [2.75, 3.05) is 5.32 Å². The first-order valence-electron chi connectivity index (χ1n) is 5.28. The van der Waals surface area contributed by atoms with E-state index in [2.05, 4.69) is 38.9 Å². The smallest absolute Gasteiger partial charge is 0.256 e. The molecular weight excluding hydrogens is 312 g/mol. The van der Waals surface area contributed by atoms with Crippen molar-refractivity contribution in [3.05, 3.63) is 52.3 Å².